The first-order valence-electron chi connectivity index (χ1n) is 10.2. The Kier molecular flexibility index (Phi) is 6.64. The van der Waals surface area contributed by atoms with E-state index < -0.39 is 10.1 Å². The lowest BCUT2D eigenvalue weighted by Crippen LogP contribution is -2.28. The number of aromatic nitrogens is 2. The van der Waals surface area contributed by atoms with E-state index in [1.807, 2.05) is 42.5 Å². The second-order valence-electron chi connectivity index (χ2n) is 7.67. The molecule has 0 amide bonds. The molecule has 1 aliphatic heterocycles. The molecule has 1 aromatic heterocycles. The van der Waals surface area contributed by atoms with Gasteiger partial charge in [0.15, 0.2) is 0 Å². The van der Waals surface area contributed by atoms with Crippen LogP contribution in [0, 0.1) is 0 Å². The Labute approximate surface area is 191 Å². The summed E-state index contributed by atoms with van der Waals surface area (Å²) in [6.45, 7) is 0.658. The second kappa shape index (κ2) is 9.44. The average molecular weight is 475 g/mol. The number of aryl methyl sites for hydroxylation is 2. The molecule has 0 bridgehead atoms. The molecule has 9 heteroatoms. The van der Waals surface area contributed by atoms with Crippen LogP contribution in [0.5, 0.6) is 5.75 Å². The van der Waals surface area contributed by atoms with Crippen LogP contribution in [0.25, 0.3) is 11.3 Å². The third kappa shape index (κ3) is 5.38. The van der Waals surface area contributed by atoms with Crippen molar-refractivity contribution in [1.82, 2.24) is 9.78 Å². The van der Waals surface area contributed by atoms with Gasteiger partial charge in [0.2, 0.25) is 0 Å². The van der Waals surface area contributed by atoms with Crippen molar-refractivity contribution in [2.45, 2.75) is 32.4 Å². The highest BCUT2D eigenvalue weighted by atomic mass is 35.5. The summed E-state index contributed by atoms with van der Waals surface area (Å²) in [7, 11) is -3.69. The summed E-state index contributed by atoms with van der Waals surface area (Å²) in [6.07, 6.45) is 3.09. The summed E-state index contributed by atoms with van der Waals surface area (Å²) in [5, 5.41) is 5.24. The van der Waals surface area contributed by atoms with E-state index in [1.165, 1.54) is 4.68 Å². The molecule has 1 aliphatic rings. The fraction of sp³-hybridized carbons (Fsp3) is 0.304. The van der Waals surface area contributed by atoms with Crippen LogP contribution in [0.3, 0.4) is 0 Å². The van der Waals surface area contributed by atoms with Crippen molar-refractivity contribution >= 4 is 21.7 Å². The number of halogens is 1. The number of fused-ring (bicyclic) bond motifs is 1. The van der Waals surface area contributed by atoms with Gasteiger partial charge in [0.25, 0.3) is 15.7 Å². The monoisotopic (exact) mass is 474 g/mol. The maximum Gasteiger partial charge on any atom is 0.272 e. The van der Waals surface area contributed by atoms with Crippen molar-refractivity contribution in [3.05, 3.63) is 80.6 Å². The van der Waals surface area contributed by atoms with Gasteiger partial charge in [0.05, 0.1) is 25.2 Å². The van der Waals surface area contributed by atoms with Crippen LogP contribution >= 0.6 is 11.6 Å². The Hall–Kier alpha value is -2.68. The van der Waals surface area contributed by atoms with Gasteiger partial charge < -0.3 is 4.74 Å². The summed E-state index contributed by atoms with van der Waals surface area (Å²) in [5.74, 6) is 0.849. The summed E-state index contributed by atoms with van der Waals surface area (Å²) in [5.41, 5.74) is 3.34. The van der Waals surface area contributed by atoms with Crippen LogP contribution in [0.4, 0.5) is 0 Å². The van der Waals surface area contributed by atoms with Crippen LogP contribution in [0.15, 0.2) is 53.3 Å². The van der Waals surface area contributed by atoms with Crippen LogP contribution in [-0.4, -0.2) is 31.1 Å². The molecule has 7 nitrogen and oxygen atoms in total. The normalized spacial score (nSPS) is 13.1. The lowest BCUT2D eigenvalue weighted by Gasteiger charge is -2.12. The molecular formula is C23H23ClN2O5S. The highest BCUT2D eigenvalue weighted by Crippen LogP contribution is 2.29. The molecule has 0 N–H and O–H groups in total. The van der Waals surface area contributed by atoms with Gasteiger partial charge in [-0.1, -0.05) is 29.8 Å². The fourth-order valence-corrected chi connectivity index (χ4v) is 4.20. The van der Waals surface area contributed by atoms with E-state index in [4.69, 9.17) is 20.5 Å². The van der Waals surface area contributed by atoms with E-state index in [1.54, 1.807) is 6.07 Å². The minimum atomic E-state index is -3.69. The van der Waals surface area contributed by atoms with E-state index in [2.05, 4.69) is 5.10 Å². The molecule has 0 saturated heterocycles. The zero-order chi connectivity index (χ0) is 22.7. The smallest absolute Gasteiger partial charge is 0.272 e. The highest BCUT2D eigenvalue weighted by Gasteiger charge is 2.16. The number of rotatable bonds is 8. The third-order valence-electron chi connectivity index (χ3n) is 5.24. The van der Waals surface area contributed by atoms with Crippen LogP contribution in [0.1, 0.15) is 23.1 Å². The molecule has 3 aromatic rings. The van der Waals surface area contributed by atoms with E-state index in [9.17, 15) is 13.2 Å². The zero-order valence-electron chi connectivity index (χ0n) is 17.6. The van der Waals surface area contributed by atoms with Crippen molar-refractivity contribution in [3.63, 3.8) is 0 Å². The van der Waals surface area contributed by atoms with Gasteiger partial charge in [-0.05, 0) is 54.3 Å². The first kappa shape index (κ1) is 22.5. The van der Waals surface area contributed by atoms with Gasteiger partial charge in [-0.15, -0.1) is 0 Å². The third-order valence-corrected chi connectivity index (χ3v) is 6.15. The first-order valence-corrected chi connectivity index (χ1v) is 12.4. The van der Waals surface area contributed by atoms with Crippen molar-refractivity contribution in [2.75, 3.05) is 12.9 Å². The Morgan fingerprint density at radius 2 is 1.97 bits per heavy atom. The Bertz CT molecular complexity index is 1300. The number of hydrogen-bond acceptors (Lipinski definition) is 6. The molecule has 0 radical (unpaired) electrons. The van der Waals surface area contributed by atoms with Crippen molar-refractivity contribution in [3.8, 4) is 17.0 Å². The summed E-state index contributed by atoms with van der Waals surface area (Å²) < 4.78 is 34.8. The summed E-state index contributed by atoms with van der Waals surface area (Å²) in [6, 6.07) is 14.9. The molecule has 4 rings (SSSR count). The molecule has 0 atom stereocenters. The summed E-state index contributed by atoms with van der Waals surface area (Å²) in [4.78, 5) is 12.9. The molecule has 2 heterocycles. The minimum absolute atomic E-state index is 0.231. The lowest BCUT2D eigenvalue weighted by atomic mass is 10.1. The molecular weight excluding hydrogens is 452 g/mol. The average Bonchev–Trinajstić information content (AvgIpc) is 3.22. The minimum Gasteiger partial charge on any atom is -0.493 e. The lowest BCUT2D eigenvalue weighted by molar-refractivity contribution is 0.308. The largest absolute Gasteiger partial charge is 0.493 e. The van der Waals surface area contributed by atoms with Gasteiger partial charge in [-0.3, -0.25) is 8.98 Å². The number of ether oxygens (including phenoxy) is 1. The van der Waals surface area contributed by atoms with Crippen LogP contribution in [0.2, 0.25) is 5.02 Å². The van der Waals surface area contributed by atoms with Crippen molar-refractivity contribution < 1.29 is 17.3 Å². The van der Waals surface area contributed by atoms with Gasteiger partial charge in [0.1, 0.15) is 5.75 Å². The standard InChI is InChI=1S/C23H23ClN2O5S/c1-32(28,29)31-15-19-14-21(17-8-9-22-18(13-17)10-12-30-22)25-26(23(19)27)11-4-6-16-5-2-3-7-20(16)24/h2-3,5,7-9,13-14H,4,6,10-12,15H2,1H3. The van der Waals surface area contributed by atoms with E-state index in [0.717, 1.165) is 35.1 Å². The summed E-state index contributed by atoms with van der Waals surface area (Å²) >= 11 is 6.23. The molecule has 168 valence electrons. The topological polar surface area (TPSA) is 87.5 Å². The van der Waals surface area contributed by atoms with Crippen molar-refractivity contribution in [1.29, 1.82) is 0 Å². The highest BCUT2D eigenvalue weighted by molar-refractivity contribution is 7.85. The van der Waals surface area contributed by atoms with Gasteiger partial charge in [0, 0.05) is 29.1 Å². The first-order chi connectivity index (χ1) is 15.3. The predicted octanol–water partition coefficient (Wildman–Crippen LogP) is 3.61. The Balaban J connectivity index is 1.64. The number of nitrogens with zero attached hydrogens (tertiary/aromatic N) is 2. The molecule has 0 spiro atoms. The Morgan fingerprint density at radius 3 is 2.75 bits per heavy atom. The van der Waals surface area contributed by atoms with Gasteiger partial charge in [-0.25, -0.2) is 4.68 Å². The van der Waals surface area contributed by atoms with E-state index in [-0.39, 0.29) is 17.7 Å². The van der Waals surface area contributed by atoms with Gasteiger partial charge in [-0.2, -0.15) is 13.5 Å². The van der Waals surface area contributed by atoms with Crippen LogP contribution < -0.4 is 10.3 Å². The second-order valence-corrected chi connectivity index (χ2v) is 9.72. The Morgan fingerprint density at radius 1 is 1.16 bits per heavy atom. The molecule has 0 unspecified atom stereocenters. The van der Waals surface area contributed by atoms with Crippen molar-refractivity contribution in [2.24, 2.45) is 0 Å². The molecule has 0 saturated carbocycles. The van der Waals surface area contributed by atoms with E-state index in [0.29, 0.717) is 36.7 Å². The zero-order valence-corrected chi connectivity index (χ0v) is 19.2. The maximum absolute atomic E-state index is 12.9. The predicted molar refractivity (Wildman–Crippen MR) is 123 cm³/mol. The fourth-order valence-electron chi connectivity index (χ4n) is 3.63. The quantitative estimate of drug-likeness (QED) is 0.463. The molecule has 0 fully saturated rings. The van der Waals surface area contributed by atoms with E-state index >= 15 is 0 Å². The van der Waals surface area contributed by atoms with Gasteiger partial charge >= 0.3 is 0 Å². The SMILES string of the molecule is CS(=O)(=O)OCc1cc(-c2ccc3c(c2)CCO3)nn(CCCc2ccccc2Cl)c1=O. The molecule has 32 heavy (non-hydrogen) atoms. The van der Waals surface area contributed by atoms with Crippen LogP contribution in [-0.2, 0) is 40.3 Å². The number of hydrogen-bond donors (Lipinski definition) is 0. The molecule has 2 aromatic carbocycles. The number of benzene rings is 2. The maximum atomic E-state index is 12.9. The molecule has 0 aliphatic carbocycles.